The molecule has 140 valence electrons. The number of rotatable bonds is 3. The standard InChI is InChI=1S/C12H11O2P.C10H13NO/c13-15(14,11-7-3-1-4-8-11)12-9-5-2-6-10-12;1-6-4-7(2)9(10(11)12)8(3)5-6/h1-10H,(H,13,14);4-5H,1-3H3,(H2,11,12). The number of amides is 1. The van der Waals surface area contributed by atoms with E-state index < -0.39 is 7.37 Å². The minimum Gasteiger partial charge on any atom is -0.366 e. The van der Waals surface area contributed by atoms with Gasteiger partial charge in [-0.1, -0.05) is 54.1 Å². The van der Waals surface area contributed by atoms with Gasteiger partial charge < -0.3 is 10.6 Å². The molecule has 0 spiro atoms. The summed E-state index contributed by atoms with van der Waals surface area (Å²) < 4.78 is 12.2. The molecule has 0 saturated heterocycles. The topological polar surface area (TPSA) is 80.4 Å². The van der Waals surface area contributed by atoms with Crippen LogP contribution in [0.2, 0.25) is 0 Å². The molecule has 0 radical (unpaired) electrons. The van der Waals surface area contributed by atoms with Crippen LogP contribution in [0.15, 0.2) is 72.8 Å². The molecule has 3 aromatic rings. The van der Waals surface area contributed by atoms with Crippen molar-refractivity contribution >= 4 is 23.9 Å². The SMILES string of the molecule is Cc1cc(C)c(C(N)=O)c(C)c1.O=P(O)(c1ccccc1)c1ccccc1. The van der Waals surface area contributed by atoms with Crippen molar-refractivity contribution in [2.24, 2.45) is 5.73 Å². The van der Waals surface area contributed by atoms with E-state index in [-0.39, 0.29) is 5.91 Å². The highest BCUT2D eigenvalue weighted by atomic mass is 31.2. The Bertz CT molecular complexity index is 903. The van der Waals surface area contributed by atoms with Crippen LogP contribution in [-0.4, -0.2) is 10.8 Å². The highest BCUT2D eigenvalue weighted by Gasteiger charge is 2.22. The molecule has 0 aliphatic carbocycles. The number of carbonyl (C=O) groups excluding carboxylic acids is 1. The van der Waals surface area contributed by atoms with E-state index in [0.717, 1.165) is 16.7 Å². The van der Waals surface area contributed by atoms with Gasteiger partial charge in [0.15, 0.2) is 0 Å². The normalized spacial score (nSPS) is 10.7. The lowest BCUT2D eigenvalue weighted by Crippen LogP contribution is -2.14. The van der Waals surface area contributed by atoms with Gasteiger partial charge in [-0.15, -0.1) is 0 Å². The number of hydrogen-bond acceptors (Lipinski definition) is 2. The maximum Gasteiger partial charge on any atom is 0.258 e. The maximum atomic E-state index is 12.2. The summed E-state index contributed by atoms with van der Waals surface area (Å²) >= 11 is 0. The second kappa shape index (κ2) is 8.81. The Morgan fingerprint density at radius 1 is 0.815 bits per heavy atom. The number of hydrogen-bond donors (Lipinski definition) is 2. The van der Waals surface area contributed by atoms with Crippen LogP contribution in [0.5, 0.6) is 0 Å². The fourth-order valence-corrected chi connectivity index (χ4v) is 4.43. The van der Waals surface area contributed by atoms with Crippen molar-refractivity contribution in [2.75, 3.05) is 0 Å². The Labute approximate surface area is 160 Å². The second-order valence-corrected chi connectivity index (χ2v) is 8.57. The number of primary amides is 1. The highest BCUT2D eigenvalue weighted by Crippen LogP contribution is 2.37. The lowest BCUT2D eigenvalue weighted by atomic mass is 10.00. The van der Waals surface area contributed by atoms with Crippen LogP contribution in [0, 0.1) is 20.8 Å². The van der Waals surface area contributed by atoms with Crippen molar-refractivity contribution < 1.29 is 14.3 Å². The molecule has 0 aliphatic heterocycles. The van der Waals surface area contributed by atoms with E-state index in [1.54, 1.807) is 48.5 Å². The van der Waals surface area contributed by atoms with Gasteiger partial charge in [0.25, 0.3) is 7.37 Å². The van der Waals surface area contributed by atoms with E-state index in [4.69, 9.17) is 5.73 Å². The molecule has 1 amide bonds. The van der Waals surface area contributed by atoms with Crippen LogP contribution in [-0.2, 0) is 4.57 Å². The summed E-state index contributed by atoms with van der Waals surface area (Å²) in [7, 11) is -3.40. The summed E-state index contributed by atoms with van der Waals surface area (Å²) in [6.07, 6.45) is 0. The molecule has 0 unspecified atom stereocenters. The molecule has 5 heteroatoms. The van der Waals surface area contributed by atoms with Gasteiger partial charge in [-0.2, -0.15) is 0 Å². The molecule has 3 N–H and O–H groups in total. The Balaban J connectivity index is 0.000000199. The maximum absolute atomic E-state index is 12.2. The molecular formula is C22H24NO3P. The molecule has 0 saturated carbocycles. The van der Waals surface area contributed by atoms with Crippen molar-refractivity contribution in [1.29, 1.82) is 0 Å². The first-order valence-electron chi connectivity index (χ1n) is 8.55. The molecule has 27 heavy (non-hydrogen) atoms. The first-order valence-corrected chi connectivity index (χ1v) is 10.2. The predicted molar refractivity (Wildman–Crippen MR) is 111 cm³/mol. The summed E-state index contributed by atoms with van der Waals surface area (Å²) in [5.74, 6) is -0.343. The van der Waals surface area contributed by atoms with E-state index in [0.29, 0.717) is 16.2 Å². The molecular weight excluding hydrogens is 357 g/mol. The number of carbonyl (C=O) groups is 1. The van der Waals surface area contributed by atoms with Crippen molar-refractivity contribution in [1.82, 2.24) is 0 Å². The van der Waals surface area contributed by atoms with Gasteiger partial charge in [-0.05, 0) is 56.2 Å². The van der Waals surface area contributed by atoms with E-state index in [1.807, 2.05) is 45.0 Å². The molecule has 0 aromatic heterocycles. The number of aryl methyl sites for hydroxylation is 3. The lowest BCUT2D eigenvalue weighted by Gasteiger charge is -2.11. The molecule has 0 aliphatic rings. The number of nitrogens with two attached hydrogens (primary N) is 1. The molecule has 3 rings (SSSR count). The van der Waals surface area contributed by atoms with E-state index in [2.05, 4.69) is 0 Å². The summed E-state index contributed by atoms with van der Waals surface area (Å²) in [5, 5.41) is 0.937. The van der Waals surface area contributed by atoms with E-state index >= 15 is 0 Å². The largest absolute Gasteiger partial charge is 0.366 e. The Kier molecular flexibility index (Phi) is 6.73. The summed E-state index contributed by atoms with van der Waals surface area (Å²) in [6.45, 7) is 5.81. The molecule has 4 nitrogen and oxygen atoms in total. The smallest absolute Gasteiger partial charge is 0.258 e. The van der Waals surface area contributed by atoms with Gasteiger partial charge >= 0.3 is 0 Å². The van der Waals surface area contributed by atoms with Gasteiger partial charge in [0.05, 0.1) is 0 Å². The summed E-state index contributed by atoms with van der Waals surface area (Å²) in [6, 6.07) is 21.3. The number of benzene rings is 3. The fourth-order valence-electron chi connectivity index (χ4n) is 2.98. The minimum atomic E-state index is -3.40. The van der Waals surface area contributed by atoms with Crippen LogP contribution in [0.25, 0.3) is 0 Å². The predicted octanol–water partition coefficient (Wildman–Crippen LogP) is 3.62. The van der Waals surface area contributed by atoms with Crippen LogP contribution < -0.4 is 16.3 Å². The van der Waals surface area contributed by atoms with Crippen molar-refractivity contribution in [2.45, 2.75) is 20.8 Å². The third-order valence-corrected chi connectivity index (χ3v) is 6.13. The Morgan fingerprint density at radius 2 is 1.19 bits per heavy atom. The van der Waals surface area contributed by atoms with E-state index in [1.165, 1.54) is 0 Å². The minimum absolute atomic E-state index is 0.343. The third kappa shape index (κ3) is 5.16. The zero-order valence-electron chi connectivity index (χ0n) is 15.7. The first kappa shape index (κ1) is 20.6. The van der Waals surface area contributed by atoms with Crippen LogP contribution in [0.1, 0.15) is 27.0 Å². The average molecular weight is 381 g/mol. The highest BCUT2D eigenvalue weighted by molar-refractivity contribution is 7.73. The molecule has 0 fully saturated rings. The third-order valence-electron chi connectivity index (χ3n) is 4.14. The molecule has 0 heterocycles. The van der Waals surface area contributed by atoms with Gasteiger partial charge in [-0.25, -0.2) is 0 Å². The van der Waals surface area contributed by atoms with Crippen LogP contribution in [0.4, 0.5) is 0 Å². The van der Waals surface area contributed by atoms with Crippen molar-refractivity contribution in [3.63, 3.8) is 0 Å². The quantitative estimate of drug-likeness (QED) is 0.680. The molecule has 0 bridgehead atoms. The van der Waals surface area contributed by atoms with Gasteiger partial charge in [0.2, 0.25) is 5.91 Å². The molecule has 0 atom stereocenters. The summed E-state index contributed by atoms with van der Waals surface area (Å²) in [4.78, 5) is 21.0. The Morgan fingerprint density at radius 3 is 1.52 bits per heavy atom. The first-order chi connectivity index (χ1) is 12.7. The van der Waals surface area contributed by atoms with Crippen molar-refractivity contribution in [3.8, 4) is 0 Å². The second-order valence-electron chi connectivity index (χ2n) is 6.39. The fraction of sp³-hybridized carbons (Fsp3) is 0.136. The zero-order valence-corrected chi connectivity index (χ0v) is 16.6. The monoisotopic (exact) mass is 381 g/mol. The zero-order chi connectivity index (χ0) is 20.0. The van der Waals surface area contributed by atoms with Crippen LogP contribution in [0.3, 0.4) is 0 Å². The van der Waals surface area contributed by atoms with Gasteiger partial charge in [0, 0.05) is 16.2 Å². The molecule has 3 aromatic carbocycles. The Hall–Kier alpha value is -2.68. The van der Waals surface area contributed by atoms with Crippen molar-refractivity contribution in [3.05, 3.63) is 95.1 Å². The lowest BCUT2D eigenvalue weighted by molar-refractivity contribution is 0.0999. The van der Waals surface area contributed by atoms with E-state index in [9.17, 15) is 14.3 Å². The summed E-state index contributed by atoms with van der Waals surface area (Å²) in [5.41, 5.74) is 8.96. The average Bonchev–Trinajstić information content (AvgIpc) is 2.62. The van der Waals surface area contributed by atoms with Gasteiger partial charge in [0.1, 0.15) is 0 Å². The van der Waals surface area contributed by atoms with Gasteiger partial charge in [-0.3, -0.25) is 9.36 Å². The van der Waals surface area contributed by atoms with Crippen LogP contribution >= 0.6 is 7.37 Å².